The van der Waals surface area contributed by atoms with Gasteiger partial charge in [-0.15, -0.1) is 0 Å². The van der Waals surface area contributed by atoms with Crippen LogP contribution < -0.4 is 0 Å². The minimum Gasteiger partial charge on any atom is -0.323 e. The number of azo groups is 1. The third-order valence-electron chi connectivity index (χ3n) is 5.20. The summed E-state index contributed by atoms with van der Waals surface area (Å²) in [5, 5.41) is 8.77. The molecule has 4 aromatic rings. The van der Waals surface area contributed by atoms with Gasteiger partial charge in [-0.2, -0.15) is 10.2 Å². The quantitative estimate of drug-likeness (QED) is 0.399. The maximum absolute atomic E-state index is 4.91. The predicted octanol–water partition coefficient (Wildman–Crippen LogP) is 6.02. The minimum absolute atomic E-state index is 0.0961. The topological polar surface area (TPSA) is 42.5 Å². The lowest BCUT2D eigenvalue weighted by Crippen LogP contribution is -2.08. The third-order valence-corrected chi connectivity index (χ3v) is 5.20. The average Bonchev–Trinajstić information content (AvgIpc) is 3.31. The number of fused-ring (bicyclic) bond motifs is 2. The van der Waals surface area contributed by atoms with Crippen LogP contribution in [-0.4, -0.2) is 9.55 Å². The van der Waals surface area contributed by atoms with E-state index in [0.29, 0.717) is 6.42 Å². The standard InChI is InChI=1S/C24H20N4/c1-17(24-19-11-5-6-12-20(19)26-27-24)15-23-25-21-13-7-8-14-22(21)28(23)16-18-9-3-2-4-10-18/h2-14,24H,1,15-16H2. The maximum atomic E-state index is 4.91. The molecule has 1 unspecified atom stereocenters. The molecule has 5 rings (SSSR count). The number of imidazole rings is 1. The second-order valence-corrected chi connectivity index (χ2v) is 7.10. The van der Waals surface area contributed by atoms with Crippen LogP contribution in [0.5, 0.6) is 0 Å². The van der Waals surface area contributed by atoms with Crippen molar-refractivity contribution in [3.8, 4) is 0 Å². The van der Waals surface area contributed by atoms with Crippen molar-refractivity contribution in [2.75, 3.05) is 0 Å². The lowest BCUT2D eigenvalue weighted by molar-refractivity contribution is 0.726. The molecule has 1 atom stereocenters. The Morgan fingerprint density at radius 2 is 1.64 bits per heavy atom. The number of nitrogens with zero attached hydrogens (tertiary/aromatic N) is 4. The molecule has 1 aliphatic heterocycles. The first-order valence-electron chi connectivity index (χ1n) is 9.45. The number of hydrogen-bond donors (Lipinski definition) is 0. The van der Waals surface area contributed by atoms with Gasteiger partial charge in [0, 0.05) is 18.5 Å². The van der Waals surface area contributed by atoms with Crippen molar-refractivity contribution in [1.29, 1.82) is 0 Å². The van der Waals surface area contributed by atoms with Crippen molar-refractivity contribution in [2.45, 2.75) is 19.0 Å². The molecule has 0 aliphatic carbocycles. The Morgan fingerprint density at radius 3 is 2.54 bits per heavy atom. The second kappa shape index (κ2) is 6.89. The Morgan fingerprint density at radius 1 is 0.893 bits per heavy atom. The van der Waals surface area contributed by atoms with Gasteiger partial charge in [0.2, 0.25) is 0 Å². The molecule has 0 fully saturated rings. The van der Waals surface area contributed by atoms with Crippen molar-refractivity contribution in [2.24, 2.45) is 10.2 Å². The van der Waals surface area contributed by atoms with E-state index >= 15 is 0 Å². The molecule has 0 saturated carbocycles. The summed E-state index contributed by atoms with van der Waals surface area (Å²) >= 11 is 0. The van der Waals surface area contributed by atoms with Crippen LogP contribution in [0.25, 0.3) is 11.0 Å². The number of aromatic nitrogens is 2. The Hall–Kier alpha value is -3.53. The molecule has 4 nitrogen and oxygen atoms in total. The Balaban J connectivity index is 1.50. The van der Waals surface area contributed by atoms with Crippen molar-refractivity contribution >= 4 is 16.7 Å². The van der Waals surface area contributed by atoms with Gasteiger partial charge in [0.05, 0.1) is 16.7 Å². The van der Waals surface area contributed by atoms with Crippen LogP contribution in [-0.2, 0) is 13.0 Å². The fraction of sp³-hybridized carbons (Fsp3) is 0.125. The highest BCUT2D eigenvalue weighted by Crippen LogP contribution is 2.40. The molecule has 0 saturated heterocycles. The van der Waals surface area contributed by atoms with Gasteiger partial charge >= 0.3 is 0 Å². The lowest BCUT2D eigenvalue weighted by Gasteiger charge is -2.14. The van der Waals surface area contributed by atoms with Gasteiger partial charge in [-0.25, -0.2) is 4.98 Å². The maximum Gasteiger partial charge on any atom is 0.120 e. The highest BCUT2D eigenvalue weighted by atomic mass is 15.2. The van der Waals surface area contributed by atoms with E-state index < -0.39 is 0 Å². The number of benzene rings is 3. The van der Waals surface area contributed by atoms with Crippen molar-refractivity contribution in [3.63, 3.8) is 0 Å². The fourth-order valence-electron chi connectivity index (χ4n) is 3.80. The molecule has 2 heterocycles. The Bertz CT molecular complexity index is 1190. The second-order valence-electron chi connectivity index (χ2n) is 7.10. The zero-order valence-electron chi connectivity index (χ0n) is 15.5. The van der Waals surface area contributed by atoms with E-state index in [1.165, 1.54) is 5.56 Å². The summed E-state index contributed by atoms with van der Waals surface area (Å²) < 4.78 is 2.29. The van der Waals surface area contributed by atoms with Crippen LogP contribution in [0, 0.1) is 0 Å². The van der Waals surface area contributed by atoms with Crippen LogP contribution in [0.1, 0.15) is 23.0 Å². The van der Waals surface area contributed by atoms with Gasteiger partial charge in [-0.3, -0.25) is 0 Å². The summed E-state index contributed by atoms with van der Waals surface area (Å²) in [6.45, 7) is 5.13. The Kier molecular flexibility index (Phi) is 4.09. The monoisotopic (exact) mass is 364 g/mol. The lowest BCUT2D eigenvalue weighted by atomic mass is 9.98. The van der Waals surface area contributed by atoms with E-state index in [1.54, 1.807) is 0 Å². The normalized spacial score (nSPS) is 15.1. The first kappa shape index (κ1) is 16.6. The third kappa shape index (κ3) is 2.93. The highest BCUT2D eigenvalue weighted by Gasteiger charge is 2.24. The smallest absolute Gasteiger partial charge is 0.120 e. The summed E-state index contributed by atoms with van der Waals surface area (Å²) in [5.74, 6) is 1.01. The van der Waals surface area contributed by atoms with E-state index in [0.717, 1.165) is 40.2 Å². The SMILES string of the molecule is C=C(Cc1nc2ccccc2n1Cc1ccccc1)C1N=Nc2ccccc21. The summed E-state index contributed by atoms with van der Waals surface area (Å²) in [6.07, 6.45) is 0.666. The molecule has 136 valence electrons. The molecule has 3 aromatic carbocycles. The molecule has 0 bridgehead atoms. The van der Waals surface area contributed by atoms with Crippen molar-refractivity contribution in [1.82, 2.24) is 9.55 Å². The predicted molar refractivity (Wildman–Crippen MR) is 112 cm³/mol. The molecule has 4 heteroatoms. The number of para-hydroxylation sites is 2. The first-order valence-corrected chi connectivity index (χ1v) is 9.45. The van der Waals surface area contributed by atoms with E-state index in [9.17, 15) is 0 Å². The zero-order chi connectivity index (χ0) is 18.9. The molecule has 0 N–H and O–H groups in total. The van der Waals surface area contributed by atoms with Gasteiger partial charge in [0.15, 0.2) is 0 Å². The molecule has 0 spiro atoms. The Labute approximate surface area is 163 Å². The molecule has 1 aromatic heterocycles. The van der Waals surface area contributed by atoms with E-state index in [4.69, 9.17) is 4.98 Å². The summed E-state index contributed by atoms with van der Waals surface area (Å²) in [7, 11) is 0. The van der Waals surface area contributed by atoms with Crippen LogP contribution in [0.3, 0.4) is 0 Å². The van der Waals surface area contributed by atoms with Gasteiger partial charge in [0.25, 0.3) is 0 Å². The molecule has 0 amide bonds. The van der Waals surface area contributed by atoms with Crippen LogP contribution >= 0.6 is 0 Å². The first-order chi connectivity index (χ1) is 13.8. The van der Waals surface area contributed by atoms with E-state index in [2.05, 4.69) is 69.9 Å². The minimum atomic E-state index is -0.0961. The molecule has 1 aliphatic rings. The van der Waals surface area contributed by atoms with E-state index in [1.807, 2.05) is 30.3 Å². The molecular formula is C24H20N4. The van der Waals surface area contributed by atoms with Crippen LogP contribution in [0.4, 0.5) is 5.69 Å². The largest absolute Gasteiger partial charge is 0.323 e. The van der Waals surface area contributed by atoms with Crippen molar-refractivity contribution < 1.29 is 0 Å². The molecular weight excluding hydrogens is 344 g/mol. The van der Waals surface area contributed by atoms with Gasteiger partial charge in [0.1, 0.15) is 11.9 Å². The number of hydrogen-bond acceptors (Lipinski definition) is 3. The number of rotatable bonds is 5. The average molecular weight is 364 g/mol. The molecule has 0 radical (unpaired) electrons. The van der Waals surface area contributed by atoms with Crippen molar-refractivity contribution in [3.05, 3.63) is 108 Å². The summed E-state index contributed by atoms with van der Waals surface area (Å²) in [6, 6.07) is 26.8. The molecule has 28 heavy (non-hydrogen) atoms. The zero-order valence-corrected chi connectivity index (χ0v) is 15.5. The van der Waals surface area contributed by atoms with E-state index in [-0.39, 0.29) is 6.04 Å². The van der Waals surface area contributed by atoms with Gasteiger partial charge in [-0.05, 0) is 29.3 Å². The van der Waals surface area contributed by atoms with Crippen LogP contribution in [0.2, 0.25) is 0 Å². The van der Waals surface area contributed by atoms with Gasteiger partial charge < -0.3 is 4.57 Å². The fourth-order valence-corrected chi connectivity index (χ4v) is 3.80. The summed E-state index contributed by atoms with van der Waals surface area (Å²) in [5.41, 5.74) is 6.48. The summed E-state index contributed by atoms with van der Waals surface area (Å²) in [4.78, 5) is 4.91. The highest BCUT2D eigenvalue weighted by molar-refractivity contribution is 5.76. The van der Waals surface area contributed by atoms with Gasteiger partial charge in [-0.1, -0.05) is 67.2 Å². The van der Waals surface area contributed by atoms with Crippen LogP contribution in [0.15, 0.2) is 101 Å².